The number of aromatic hydroxyl groups is 1. The first-order chi connectivity index (χ1) is 18.5. The van der Waals surface area contributed by atoms with E-state index in [-0.39, 0.29) is 24.0 Å². The maximum atomic E-state index is 13.8. The molecule has 4 aromatic rings. The number of fused-ring (bicyclic) bond motifs is 1. The lowest BCUT2D eigenvalue weighted by atomic mass is 9.95. The van der Waals surface area contributed by atoms with Gasteiger partial charge in [0.2, 0.25) is 0 Å². The molecule has 2 N–H and O–H groups in total. The summed E-state index contributed by atoms with van der Waals surface area (Å²) < 4.78 is 16.0. The molecule has 2 heterocycles. The number of benzene rings is 3. The number of carbonyl (C=O) groups excluding carboxylic acids is 2. The minimum absolute atomic E-state index is 0.00920. The van der Waals surface area contributed by atoms with E-state index in [2.05, 4.69) is 10.2 Å². The van der Waals surface area contributed by atoms with Gasteiger partial charge in [0.15, 0.2) is 11.5 Å². The van der Waals surface area contributed by atoms with Crippen LogP contribution in [0.4, 0.5) is 5.69 Å². The standard InChI is InChI=1S/C29H27N3O6/c1-4-37-21-13-8-17(9-14-21)25-24-26(31-30-25)28(34)32(20-11-6-18(7-12-20)29(35)38-5-2)27(24)19-10-15-22(33)23(16-19)36-3/h6-16,27,33H,4-5H2,1-3H3,(H,30,31)/t27-/m0/s1. The molecule has 1 amide bonds. The molecular formula is C29H27N3O6. The number of nitrogens with zero attached hydrogens (tertiary/aromatic N) is 2. The summed E-state index contributed by atoms with van der Waals surface area (Å²) in [4.78, 5) is 27.6. The Kier molecular flexibility index (Phi) is 6.74. The number of amides is 1. The number of hydrogen-bond donors (Lipinski definition) is 2. The van der Waals surface area contributed by atoms with Gasteiger partial charge in [-0.25, -0.2) is 4.79 Å². The van der Waals surface area contributed by atoms with E-state index >= 15 is 0 Å². The van der Waals surface area contributed by atoms with Crippen LogP contribution in [0.3, 0.4) is 0 Å². The number of aromatic amines is 1. The van der Waals surface area contributed by atoms with Crippen LogP contribution < -0.4 is 14.4 Å². The lowest BCUT2D eigenvalue weighted by molar-refractivity contribution is 0.0526. The van der Waals surface area contributed by atoms with Crippen LogP contribution in [0.1, 0.15) is 51.9 Å². The van der Waals surface area contributed by atoms with Gasteiger partial charge < -0.3 is 19.3 Å². The zero-order chi connectivity index (χ0) is 26.8. The summed E-state index contributed by atoms with van der Waals surface area (Å²) in [5.74, 6) is 0.310. The Bertz CT molecular complexity index is 1480. The van der Waals surface area contributed by atoms with E-state index < -0.39 is 12.0 Å². The quantitative estimate of drug-likeness (QED) is 0.315. The molecule has 9 nitrogen and oxygen atoms in total. The van der Waals surface area contributed by atoms with Crippen LogP contribution in [0.2, 0.25) is 0 Å². The second-order valence-electron chi connectivity index (χ2n) is 8.59. The lowest BCUT2D eigenvalue weighted by Crippen LogP contribution is -2.29. The zero-order valence-electron chi connectivity index (χ0n) is 21.2. The third-order valence-corrected chi connectivity index (χ3v) is 6.38. The highest BCUT2D eigenvalue weighted by Gasteiger charge is 2.43. The van der Waals surface area contributed by atoms with Crippen LogP contribution in [-0.4, -0.2) is 47.5 Å². The van der Waals surface area contributed by atoms with Crippen molar-refractivity contribution in [3.63, 3.8) is 0 Å². The SMILES string of the molecule is CCOC(=O)c1ccc(N2C(=O)c3[nH]nc(-c4ccc(OCC)cc4)c3[C@@H]2c2ccc(O)c(OC)c2)cc1. The Morgan fingerprint density at radius 2 is 1.76 bits per heavy atom. The highest BCUT2D eigenvalue weighted by Crippen LogP contribution is 2.46. The van der Waals surface area contributed by atoms with Gasteiger partial charge in [0, 0.05) is 16.8 Å². The van der Waals surface area contributed by atoms with Crippen molar-refractivity contribution in [1.29, 1.82) is 0 Å². The summed E-state index contributed by atoms with van der Waals surface area (Å²) in [7, 11) is 1.47. The summed E-state index contributed by atoms with van der Waals surface area (Å²) in [5, 5.41) is 17.7. The van der Waals surface area contributed by atoms with Crippen molar-refractivity contribution in [3.8, 4) is 28.5 Å². The predicted molar refractivity (Wildman–Crippen MR) is 141 cm³/mol. The maximum absolute atomic E-state index is 13.8. The number of aromatic nitrogens is 2. The minimum Gasteiger partial charge on any atom is -0.504 e. The van der Waals surface area contributed by atoms with Gasteiger partial charge >= 0.3 is 5.97 Å². The molecular weight excluding hydrogens is 486 g/mol. The van der Waals surface area contributed by atoms with E-state index in [1.54, 1.807) is 48.2 Å². The highest BCUT2D eigenvalue weighted by molar-refractivity contribution is 6.12. The van der Waals surface area contributed by atoms with Crippen molar-refractivity contribution in [2.75, 3.05) is 25.2 Å². The number of phenolic OH excluding ortho intramolecular Hbond substituents is 1. The summed E-state index contributed by atoms with van der Waals surface area (Å²) >= 11 is 0. The van der Waals surface area contributed by atoms with Crippen molar-refractivity contribution in [3.05, 3.63) is 89.1 Å². The molecule has 38 heavy (non-hydrogen) atoms. The van der Waals surface area contributed by atoms with Gasteiger partial charge in [-0.1, -0.05) is 6.07 Å². The number of esters is 1. The van der Waals surface area contributed by atoms with Crippen LogP contribution in [0.25, 0.3) is 11.3 Å². The Hall–Kier alpha value is -4.79. The Balaban J connectivity index is 1.63. The van der Waals surface area contributed by atoms with E-state index in [4.69, 9.17) is 14.2 Å². The Labute approximate surface area is 219 Å². The third-order valence-electron chi connectivity index (χ3n) is 6.38. The molecule has 0 saturated carbocycles. The molecule has 1 aliphatic heterocycles. The first-order valence-electron chi connectivity index (χ1n) is 12.3. The number of ether oxygens (including phenoxy) is 3. The molecule has 0 fully saturated rings. The molecule has 0 saturated heterocycles. The van der Waals surface area contributed by atoms with E-state index in [0.29, 0.717) is 34.8 Å². The fourth-order valence-corrected chi connectivity index (χ4v) is 4.66. The van der Waals surface area contributed by atoms with E-state index in [0.717, 1.165) is 16.9 Å². The van der Waals surface area contributed by atoms with Gasteiger partial charge in [-0.3, -0.25) is 14.8 Å². The van der Waals surface area contributed by atoms with Gasteiger partial charge in [-0.15, -0.1) is 0 Å². The largest absolute Gasteiger partial charge is 0.504 e. The first-order valence-corrected chi connectivity index (χ1v) is 12.3. The molecule has 0 spiro atoms. The average Bonchev–Trinajstić information content (AvgIpc) is 3.49. The smallest absolute Gasteiger partial charge is 0.338 e. The zero-order valence-corrected chi connectivity index (χ0v) is 21.2. The fourth-order valence-electron chi connectivity index (χ4n) is 4.66. The number of H-pyrrole nitrogens is 1. The Morgan fingerprint density at radius 3 is 2.42 bits per heavy atom. The fraction of sp³-hybridized carbons (Fsp3) is 0.207. The van der Waals surface area contributed by atoms with Crippen LogP contribution in [0.15, 0.2) is 66.7 Å². The monoisotopic (exact) mass is 513 g/mol. The second-order valence-corrected chi connectivity index (χ2v) is 8.59. The number of phenols is 1. The summed E-state index contributed by atoms with van der Waals surface area (Å²) in [6.45, 7) is 4.49. The van der Waals surface area contributed by atoms with Gasteiger partial charge in [-0.05, 0) is 80.1 Å². The van der Waals surface area contributed by atoms with E-state index in [9.17, 15) is 14.7 Å². The second kappa shape index (κ2) is 10.3. The van der Waals surface area contributed by atoms with Gasteiger partial charge in [0.25, 0.3) is 5.91 Å². The van der Waals surface area contributed by atoms with Crippen LogP contribution >= 0.6 is 0 Å². The number of methoxy groups -OCH3 is 1. The number of carbonyl (C=O) groups is 2. The van der Waals surface area contributed by atoms with Crippen LogP contribution in [0, 0.1) is 0 Å². The number of hydrogen-bond acceptors (Lipinski definition) is 7. The van der Waals surface area contributed by atoms with Gasteiger partial charge in [0.1, 0.15) is 11.4 Å². The predicted octanol–water partition coefficient (Wildman–Crippen LogP) is 5.12. The third kappa shape index (κ3) is 4.32. The summed E-state index contributed by atoms with van der Waals surface area (Å²) in [5.41, 5.74) is 4.19. The van der Waals surface area contributed by atoms with Crippen LogP contribution in [-0.2, 0) is 4.74 Å². The molecule has 3 aromatic carbocycles. The molecule has 0 radical (unpaired) electrons. The van der Waals surface area contributed by atoms with Crippen molar-refractivity contribution >= 4 is 17.6 Å². The molecule has 1 aliphatic rings. The molecule has 0 unspecified atom stereocenters. The first kappa shape index (κ1) is 24.9. The van der Waals surface area contributed by atoms with Crippen molar-refractivity contribution < 1.29 is 28.9 Å². The Morgan fingerprint density at radius 1 is 1.03 bits per heavy atom. The van der Waals surface area contributed by atoms with Gasteiger partial charge in [0.05, 0.1) is 37.6 Å². The van der Waals surface area contributed by atoms with E-state index in [1.165, 1.54) is 13.2 Å². The van der Waals surface area contributed by atoms with Crippen LogP contribution in [0.5, 0.6) is 17.2 Å². The number of nitrogens with one attached hydrogen (secondary N) is 1. The molecule has 9 heteroatoms. The summed E-state index contributed by atoms with van der Waals surface area (Å²) in [6.07, 6.45) is 0. The number of anilines is 1. The molecule has 0 aliphatic carbocycles. The summed E-state index contributed by atoms with van der Waals surface area (Å²) in [6, 6.07) is 18.6. The molecule has 1 atom stereocenters. The van der Waals surface area contributed by atoms with Crippen molar-refractivity contribution in [1.82, 2.24) is 10.2 Å². The van der Waals surface area contributed by atoms with Gasteiger partial charge in [-0.2, -0.15) is 5.10 Å². The highest BCUT2D eigenvalue weighted by atomic mass is 16.5. The normalized spacial score (nSPS) is 14.3. The molecule has 5 rings (SSSR count). The topological polar surface area (TPSA) is 114 Å². The average molecular weight is 514 g/mol. The molecule has 1 aromatic heterocycles. The minimum atomic E-state index is -0.583. The maximum Gasteiger partial charge on any atom is 0.338 e. The molecule has 194 valence electrons. The van der Waals surface area contributed by atoms with Crippen molar-refractivity contribution in [2.45, 2.75) is 19.9 Å². The molecule has 0 bridgehead atoms. The lowest BCUT2D eigenvalue weighted by Gasteiger charge is -2.27. The number of rotatable bonds is 8. The van der Waals surface area contributed by atoms with Crippen molar-refractivity contribution in [2.24, 2.45) is 0 Å². The van der Waals surface area contributed by atoms with E-state index in [1.807, 2.05) is 31.2 Å².